The van der Waals surface area contributed by atoms with Gasteiger partial charge in [-0.2, -0.15) is 5.10 Å². The van der Waals surface area contributed by atoms with E-state index in [9.17, 15) is 0 Å². The normalized spacial score (nSPS) is 13.3. The number of anilines is 2. The minimum absolute atomic E-state index is 0.427. The topological polar surface area (TPSA) is 104 Å². The molecule has 10 heteroatoms. The van der Waals surface area contributed by atoms with E-state index in [1.807, 2.05) is 42.5 Å². The van der Waals surface area contributed by atoms with Crippen molar-refractivity contribution in [2.75, 3.05) is 23.7 Å². The number of nitrogen functional groups attached to an aromatic ring is 1. The molecule has 1 aromatic carbocycles. The molecule has 5 aromatic heterocycles. The van der Waals surface area contributed by atoms with Crippen molar-refractivity contribution in [2.24, 2.45) is 7.05 Å². The van der Waals surface area contributed by atoms with Crippen molar-refractivity contribution in [3.8, 4) is 16.9 Å². The average Bonchev–Trinajstić information content (AvgIpc) is 3.51. The van der Waals surface area contributed by atoms with E-state index in [2.05, 4.69) is 61.3 Å². The van der Waals surface area contributed by atoms with E-state index >= 15 is 0 Å². The second-order valence-electron chi connectivity index (χ2n) is 9.45. The van der Waals surface area contributed by atoms with Crippen LogP contribution in [-0.2, 0) is 12.8 Å². The van der Waals surface area contributed by atoms with Gasteiger partial charge in [0.2, 0.25) is 0 Å². The summed E-state index contributed by atoms with van der Waals surface area (Å²) < 4.78 is 3.78. The molecule has 38 heavy (non-hydrogen) atoms. The van der Waals surface area contributed by atoms with E-state index in [0.29, 0.717) is 5.82 Å². The molecule has 6 heterocycles. The van der Waals surface area contributed by atoms with E-state index in [1.165, 1.54) is 17.6 Å². The van der Waals surface area contributed by atoms with Crippen molar-refractivity contribution in [3.05, 3.63) is 79.1 Å². The van der Waals surface area contributed by atoms with Gasteiger partial charge in [0.1, 0.15) is 18.0 Å². The Morgan fingerprint density at radius 3 is 2.74 bits per heavy atom. The molecular formula is C28H25N9S. The summed E-state index contributed by atoms with van der Waals surface area (Å²) in [6.45, 7) is 2.18. The van der Waals surface area contributed by atoms with Crippen LogP contribution < -0.4 is 10.6 Å². The molecule has 0 bridgehead atoms. The van der Waals surface area contributed by atoms with Crippen LogP contribution in [0.25, 0.3) is 38.9 Å². The highest BCUT2D eigenvalue weighted by atomic mass is 32.2. The molecule has 188 valence electrons. The molecule has 1 aliphatic rings. The molecule has 7 rings (SSSR count). The summed E-state index contributed by atoms with van der Waals surface area (Å²) in [6.07, 6.45) is 10.4. The summed E-state index contributed by atoms with van der Waals surface area (Å²) >= 11 is 1.78. The van der Waals surface area contributed by atoms with Gasteiger partial charge in [-0.3, -0.25) is 14.2 Å². The average molecular weight is 520 g/mol. The number of aryl methyl sites for hydroxylation is 1. The van der Waals surface area contributed by atoms with Gasteiger partial charge in [-0.15, -0.1) is 11.8 Å². The van der Waals surface area contributed by atoms with E-state index in [4.69, 9.17) is 10.7 Å². The van der Waals surface area contributed by atoms with E-state index in [0.717, 1.165) is 69.1 Å². The third-order valence-electron chi connectivity index (χ3n) is 6.89. The first kappa shape index (κ1) is 22.7. The minimum atomic E-state index is 0.427. The fourth-order valence-corrected chi connectivity index (χ4v) is 5.63. The second-order valence-corrected chi connectivity index (χ2v) is 10.5. The van der Waals surface area contributed by atoms with Crippen molar-refractivity contribution in [3.63, 3.8) is 0 Å². The molecule has 0 unspecified atom stereocenters. The maximum Gasteiger partial charge on any atom is 0.150 e. The quantitative estimate of drug-likeness (QED) is 0.312. The summed E-state index contributed by atoms with van der Waals surface area (Å²) in [5.74, 6) is 2.27. The standard InChI is InChI=1S/C28H25N9S/c1-35-10-7-23(34-35)22-15-37(28-26(22)27(29)31-17-32-28)20-11-18(13-30-14-20)16-38-21-5-3-19-4-6-25(33-24(19)12-21)36-8-2-9-36/h3-7,10-15,17H,2,8-9,16H2,1H3,(H2,29,31,32). The van der Waals surface area contributed by atoms with Crippen LogP contribution in [0.4, 0.5) is 11.6 Å². The number of hydrogen-bond acceptors (Lipinski definition) is 8. The molecule has 2 N–H and O–H groups in total. The molecule has 0 atom stereocenters. The summed E-state index contributed by atoms with van der Waals surface area (Å²) in [5, 5.41) is 6.51. The third kappa shape index (κ3) is 4.03. The lowest BCUT2D eigenvalue weighted by molar-refractivity contribution is 0.611. The van der Waals surface area contributed by atoms with Crippen molar-refractivity contribution >= 4 is 45.3 Å². The van der Waals surface area contributed by atoms with Gasteiger partial charge < -0.3 is 10.6 Å². The van der Waals surface area contributed by atoms with Gasteiger partial charge >= 0.3 is 0 Å². The third-order valence-corrected chi connectivity index (χ3v) is 7.96. The Labute approximate surface area is 223 Å². The van der Waals surface area contributed by atoms with Crippen molar-refractivity contribution < 1.29 is 0 Å². The summed E-state index contributed by atoms with van der Waals surface area (Å²) in [6, 6.07) is 14.9. The molecule has 1 fully saturated rings. The van der Waals surface area contributed by atoms with Crippen LogP contribution in [0.5, 0.6) is 0 Å². The zero-order chi connectivity index (χ0) is 25.6. The van der Waals surface area contributed by atoms with Crippen molar-refractivity contribution in [1.29, 1.82) is 0 Å². The largest absolute Gasteiger partial charge is 0.383 e. The molecule has 0 spiro atoms. The van der Waals surface area contributed by atoms with Gasteiger partial charge in [-0.05, 0) is 48.4 Å². The van der Waals surface area contributed by atoms with Gasteiger partial charge in [0, 0.05) is 60.3 Å². The summed E-state index contributed by atoms with van der Waals surface area (Å²) in [5.41, 5.74) is 11.8. The Balaban J connectivity index is 1.18. The van der Waals surface area contributed by atoms with Crippen LogP contribution in [0.15, 0.2) is 78.5 Å². The van der Waals surface area contributed by atoms with E-state index in [1.54, 1.807) is 16.4 Å². The lowest BCUT2D eigenvalue weighted by Gasteiger charge is -2.32. The predicted molar refractivity (Wildman–Crippen MR) is 151 cm³/mol. The van der Waals surface area contributed by atoms with Gasteiger partial charge in [0.05, 0.1) is 28.5 Å². The molecule has 9 nitrogen and oxygen atoms in total. The lowest BCUT2D eigenvalue weighted by Crippen LogP contribution is -2.37. The Morgan fingerprint density at radius 1 is 1.03 bits per heavy atom. The molecular weight excluding hydrogens is 494 g/mol. The first-order valence-corrected chi connectivity index (χ1v) is 13.5. The molecule has 0 aliphatic carbocycles. The van der Waals surface area contributed by atoms with Gasteiger partial charge in [-0.1, -0.05) is 6.07 Å². The number of aromatic nitrogens is 7. The fourth-order valence-electron chi connectivity index (χ4n) is 4.78. The highest BCUT2D eigenvalue weighted by molar-refractivity contribution is 7.98. The van der Waals surface area contributed by atoms with E-state index < -0.39 is 0 Å². The van der Waals surface area contributed by atoms with Crippen LogP contribution in [0.1, 0.15) is 12.0 Å². The zero-order valence-electron chi connectivity index (χ0n) is 20.8. The maximum absolute atomic E-state index is 6.29. The van der Waals surface area contributed by atoms with Gasteiger partial charge in [0.15, 0.2) is 5.65 Å². The number of rotatable bonds is 6. The lowest BCUT2D eigenvalue weighted by atomic mass is 10.2. The second kappa shape index (κ2) is 9.14. The van der Waals surface area contributed by atoms with Crippen LogP contribution in [0.3, 0.4) is 0 Å². The first-order valence-electron chi connectivity index (χ1n) is 12.5. The Morgan fingerprint density at radius 2 is 1.92 bits per heavy atom. The van der Waals surface area contributed by atoms with Crippen molar-refractivity contribution in [1.82, 2.24) is 34.3 Å². The first-order chi connectivity index (χ1) is 18.6. The highest BCUT2D eigenvalue weighted by Crippen LogP contribution is 2.34. The highest BCUT2D eigenvalue weighted by Gasteiger charge is 2.18. The van der Waals surface area contributed by atoms with Crippen LogP contribution >= 0.6 is 11.8 Å². The van der Waals surface area contributed by atoms with Crippen LogP contribution in [0, 0.1) is 0 Å². The number of thioether (sulfide) groups is 1. The zero-order valence-corrected chi connectivity index (χ0v) is 21.6. The van der Waals surface area contributed by atoms with Crippen LogP contribution in [-0.4, -0.2) is 47.4 Å². The summed E-state index contributed by atoms with van der Waals surface area (Å²) in [7, 11) is 1.89. The molecule has 0 saturated carbocycles. The van der Waals surface area contributed by atoms with Crippen LogP contribution in [0.2, 0.25) is 0 Å². The predicted octanol–water partition coefficient (Wildman–Crippen LogP) is 4.85. The number of fused-ring (bicyclic) bond motifs is 2. The monoisotopic (exact) mass is 519 g/mol. The van der Waals surface area contributed by atoms with Gasteiger partial charge in [-0.25, -0.2) is 15.0 Å². The van der Waals surface area contributed by atoms with Crippen molar-refractivity contribution in [2.45, 2.75) is 17.1 Å². The molecule has 6 aromatic rings. The molecule has 1 saturated heterocycles. The summed E-state index contributed by atoms with van der Waals surface area (Å²) in [4.78, 5) is 21.7. The molecule has 1 aliphatic heterocycles. The molecule has 0 radical (unpaired) electrons. The Hall–Kier alpha value is -4.44. The SMILES string of the molecule is Cn1ccc(-c2cn(-c3cncc(CSc4ccc5ccc(N6CCC6)nc5c4)c3)c3ncnc(N)c23)n1. The number of hydrogen-bond donors (Lipinski definition) is 1. The number of nitrogens with two attached hydrogens (primary N) is 1. The minimum Gasteiger partial charge on any atom is -0.383 e. The Bertz CT molecular complexity index is 1800. The molecule has 0 amide bonds. The number of pyridine rings is 2. The fraction of sp³-hybridized carbons (Fsp3) is 0.179. The number of benzene rings is 1. The van der Waals surface area contributed by atoms with E-state index in [-0.39, 0.29) is 0 Å². The van der Waals surface area contributed by atoms with Gasteiger partial charge in [0.25, 0.3) is 0 Å². The maximum atomic E-state index is 6.29. The smallest absolute Gasteiger partial charge is 0.150 e. The Kier molecular flexibility index (Phi) is 5.47. The number of nitrogens with zero attached hydrogens (tertiary/aromatic N) is 8.